The number of benzene rings is 1. The summed E-state index contributed by atoms with van der Waals surface area (Å²) in [4.78, 5) is 21.0. The van der Waals surface area contributed by atoms with Crippen molar-refractivity contribution in [2.75, 3.05) is 14.2 Å². The number of methoxy groups -OCH3 is 2. The van der Waals surface area contributed by atoms with E-state index < -0.39 is 11.5 Å². The summed E-state index contributed by atoms with van der Waals surface area (Å²) in [5, 5.41) is 31.3. The molecule has 28 heavy (non-hydrogen) atoms. The summed E-state index contributed by atoms with van der Waals surface area (Å²) in [6, 6.07) is 3.05. The summed E-state index contributed by atoms with van der Waals surface area (Å²) in [7, 11) is 2.78. The van der Waals surface area contributed by atoms with E-state index in [2.05, 4.69) is 15.3 Å². The molecular formula is C16H18N4NiO6S. The number of carbonyl (C=O) groups excluding carboxylic acids is 1. The van der Waals surface area contributed by atoms with E-state index in [1.807, 2.05) is 0 Å². The smallest absolute Gasteiger partial charge is 0.867 e. The van der Waals surface area contributed by atoms with Gasteiger partial charge < -0.3 is 24.5 Å². The second-order valence-corrected chi connectivity index (χ2v) is 5.50. The van der Waals surface area contributed by atoms with Gasteiger partial charge in [0.25, 0.3) is 5.56 Å². The molecule has 0 saturated heterocycles. The first kappa shape index (κ1) is 25.3. The van der Waals surface area contributed by atoms with Crippen molar-refractivity contribution in [1.29, 1.82) is 0 Å². The monoisotopic (exact) mass is 452 g/mol. The third-order valence-corrected chi connectivity index (χ3v) is 3.41. The van der Waals surface area contributed by atoms with Crippen molar-refractivity contribution in [3.05, 3.63) is 38.5 Å². The average molecular weight is 453 g/mol. The van der Waals surface area contributed by atoms with Crippen molar-refractivity contribution in [3.63, 3.8) is 0 Å². The van der Waals surface area contributed by atoms with Gasteiger partial charge in [0.2, 0.25) is 4.77 Å². The number of rotatable bonds is 4. The predicted octanol–water partition coefficient (Wildman–Crippen LogP) is -0.274. The number of aliphatic carboxylic acids is 1. The molecule has 1 heterocycles. The third-order valence-electron chi connectivity index (χ3n) is 3.14. The Morgan fingerprint density at radius 1 is 1.25 bits per heavy atom. The number of carboxylic acid groups (broad SMARTS) is 1. The van der Waals surface area contributed by atoms with Gasteiger partial charge in [0.15, 0.2) is 0 Å². The Morgan fingerprint density at radius 2 is 1.71 bits per heavy atom. The number of hydrogen-bond donors (Lipinski definition) is 1. The normalized spacial score (nSPS) is 10.2. The summed E-state index contributed by atoms with van der Waals surface area (Å²) < 4.78 is 11.2. The first-order chi connectivity index (χ1) is 12.6. The van der Waals surface area contributed by atoms with Crippen molar-refractivity contribution in [2.24, 2.45) is 5.10 Å². The van der Waals surface area contributed by atoms with Gasteiger partial charge in [-0.3, -0.25) is 9.89 Å². The molecule has 0 saturated carbocycles. The van der Waals surface area contributed by atoms with Gasteiger partial charge in [-0.05, 0) is 50.9 Å². The first-order valence-electron chi connectivity index (χ1n) is 7.47. The minimum atomic E-state index is -1.08. The second kappa shape index (κ2) is 11.2. The van der Waals surface area contributed by atoms with Crippen LogP contribution in [-0.2, 0) is 21.3 Å². The van der Waals surface area contributed by atoms with Crippen molar-refractivity contribution >= 4 is 23.9 Å². The van der Waals surface area contributed by atoms with Crippen LogP contribution in [0.3, 0.4) is 0 Å². The zero-order valence-electron chi connectivity index (χ0n) is 15.7. The quantitative estimate of drug-likeness (QED) is 0.379. The van der Waals surface area contributed by atoms with Gasteiger partial charge in [-0.2, -0.15) is 14.9 Å². The summed E-state index contributed by atoms with van der Waals surface area (Å²) in [6.07, 6.45) is 0. The Bertz CT molecular complexity index is 957. The molecule has 0 aliphatic carbocycles. The Kier molecular flexibility index (Phi) is 10.1. The Hall–Kier alpha value is -2.72. The predicted molar refractivity (Wildman–Crippen MR) is 95.7 cm³/mol. The van der Waals surface area contributed by atoms with Crippen molar-refractivity contribution in [3.8, 4) is 17.2 Å². The van der Waals surface area contributed by atoms with Crippen LogP contribution in [-0.4, -0.2) is 40.8 Å². The zero-order valence-corrected chi connectivity index (χ0v) is 17.5. The van der Waals surface area contributed by atoms with Gasteiger partial charge in [-0.25, -0.2) is 0 Å². The molecule has 1 N–H and O–H groups in total. The molecule has 0 spiro atoms. The number of hydrogen-bond acceptors (Lipinski definition) is 9. The molecule has 0 aliphatic rings. The van der Waals surface area contributed by atoms with Crippen LogP contribution in [0.4, 0.5) is 0 Å². The number of carboxylic acids is 1. The number of H-pyrrole nitrogens is 1. The van der Waals surface area contributed by atoms with Crippen LogP contribution < -0.4 is 25.2 Å². The van der Waals surface area contributed by atoms with Gasteiger partial charge in [-0.15, -0.1) is 0 Å². The van der Waals surface area contributed by atoms with E-state index >= 15 is 0 Å². The molecule has 0 atom stereocenters. The zero-order chi connectivity index (χ0) is 20.7. The van der Waals surface area contributed by atoms with E-state index in [9.17, 15) is 9.90 Å². The summed E-state index contributed by atoms with van der Waals surface area (Å²) >= 11 is 5.02. The third kappa shape index (κ3) is 6.47. The maximum absolute atomic E-state index is 12.1. The Morgan fingerprint density at radius 3 is 2.14 bits per heavy atom. The van der Waals surface area contributed by atoms with Gasteiger partial charge in [0.05, 0.1) is 19.9 Å². The van der Waals surface area contributed by atoms with Crippen molar-refractivity contribution in [1.82, 2.24) is 14.9 Å². The number of aryl methyl sites for hydroxylation is 1. The molecule has 0 bridgehead atoms. The largest absolute Gasteiger partial charge is 2.00 e. The molecule has 1 aromatic carbocycles. The summed E-state index contributed by atoms with van der Waals surface area (Å²) in [5.74, 6) is -1.20. The van der Waals surface area contributed by atoms with Crippen LogP contribution in [0.15, 0.2) is 22.0 Å². The molecule has 0 unspecified atom stereocenters. The van der Waals surface area contributed by atoms with Gasteiger partial charge in [-0.1, -0.05) is 0 Å². The maximum atomic E-state index is 12.1. The number of aromatic amines is 1. The SMILES string of the molecule is CC(=O)[O-].COc1cc(C(C)=Nn2c(=S)[nH]nc(C)c2=O)cc(OC)c1[O-].[Ni+2]. The topological polar surface area (TPSA) is 145 Å². The first-order valence-corrected chi connectivity index (χ1v) is 7.88. The Balaban J connectivity index is 0.00000133. The number of carbonyl (C=O) groups is 1. The molecular weight excluding hydrogens is 435 g/mol. The molecule has 1 aromatic heterocycles. The van der Waals surface area contributed by atoms with E-state index in [4.69, 9.17) is 31.6 Å². The molecule has 0 radical (unpaired) electrons. The van der Waals surface area contributed by atoms with E-state index in [0.717, 1.165) is 11.6 Å². The molecule has 0 amide bonds. The van der Waals surface area contributed by atoms with Crippen molar-refractivity contribution < 1.29 is 41.0 Å². The summed E-state index contributed by atoms with van der Waals surface area (Å²) in [6.45, 7) is 4.20. The second-order valence-electron chi connectivity index (χ2n) is 5.12. The fraction of sp³-hybridized carbons (Fsp3) is 0.312. The van der Waals surface area contributed by atoms with E-state index in [1.165, 1.54) is 26.4 Å². The number of nitrogens with one attached hydrogen (secondary N) is 1. The number of nitrogens with zero attached hydrogens (tertiary/aromatic N) is 3. The van der Waals surface area contributed by atoms with Gasteiger partial charge >= 0.3 is 16.5 Å². The number of aromatic nitrogens is 3. The minimum Gasteiger partial charge on any atom is -0.867 e. The van der Waals surface area contributed by atoms with E-state index in [0.29, 0.717) is 11.3 Å². The maximum Gasteiger partial charge on any atom is 2.00 e. The van der Waals surface area contributed by atoms with E-state index in [1.54, 1.807) is 13.8 Å². The Labute approximate surface area is 175 Å². The van der Waals surface area contributed by atoms with Gasteiger partial charge in [0, 0.05) is 11.5 Å². The molecule has 0 fully saturated rings. The van der Waals surface area contributed by atoms with Crippen LogP contribution in [0.5, 0.6) is 17.2 Å². The molecule has 10 nitrogen and oxygen atoms in total. The van der Waals surface area contributed by atoms with Crippen LogP contribution >= 0.6 is 12.2 Å². The van der Waals surface area contributed by atoms with Crippen LogP contribution in [0.25, 0.3) is 0 Å². The van der Waals surface area contributed by atoms with Crippen LogP contribution in [0.1, 0.15) is 25.1 Å². The minimum absolute atomic E-state index is 0. The molecule has 154 valence electrons. The summed E-state index contributed by atoms with van der Waals surface area (Å²) in [5.41, 5.74) is 0.829. The molecule has 2 rings (SSSR count). The van der Waals surface area contributed by atoms with E-state index in [-0.39, 0.29) is 44.2 Å². The molecule has 2 aromatic rings. The average Bonchev–Trinajstić information content (AvgIpc) is 2.61. The van der Waals surface area contributed by atoms with Crippen molar-refractivity contribution in [2.45, 2.75) is 20.8 Å². The number of ether oxygens (including phenoxy) is 2. The van der Waals surface area contributed by atoms with Crippen LogP contribution in [0, 0.1) is 11.7 Å². The molecule has 0 aliphatic heterocycles. The fourth-order valence-corrected chi connectivity index (χ4v) is 2.03. The van der Waals surface area contributed by atoms with Gasteiger partial charge in [0.1, 0.15) is 17.2 Å². The fourth-order valence-electron chi connectivity index (χ4n) is 1.86. The van der Waals surface area contributed by atoms with Crippen LogP contribution in [0.2, 0.25) is 0 Å². The standard InChI is InChI=1S/C14H16N4O4S.C2H4O2.Ni/c1-7(17-18-13(20)8(2)15-16-14(18)23)9-5-10(21-3)12(19)11(6-9)22-4;1-2(3)4;/h5-6,19H,1-4H3,(H,16,23);1H3,(H,3,4);/q;;+2/p-2. The molecule has 12 heteroatoms.